The van der Waals surface area contributed by atoms with E-state index in [0.29, 0.717) is 17.9 Å². The lowest BCUT2D eigenvalue weighted by molar-refractivity contribution is -0.128. The van der Waals surface area contributed by atoms with Crippen LogP contribution in [0.4, 0.5) is 0 Å². The Balaban J connectivity index is 1.30. The van der Waals surface area contributed by atoms with Gasteiger partial charge in [0.25, 0.3) is 5.91 Å². The van der Waals surface area contributed by atoms with Crippen LogP contribution in [0.15, 0.2) is 24.3 Å². The van der Waals surface area contributed by atoms with Crippen LogP contribution in [0, 0.1) is 17.8 Å². The molecule has 26 heavy (non-hydrogen) atoms. The highest BCUT2D eigenvalue weighted by molar-refractivity contribution is 5.89. The van der Waals surface area contributed by atoms with Crippen molar-refractivity contribution < 1.29 is 19.1 Å². The Kier molecular flexibility index (Phi) is 4.63. The van der Waals surface area contributed by atoms with Crippen molar-refractivity contribution in [1.82, 2.24) is 5.32 Å². The third-order valence-corrected chi connectivity index (χ3v) is 6.18. The number of benzene rings is 1. The normalized spacial score (nSPS) is 31.5. The molecule has 1 aromatic carbocycles. The molecule has 0 unspecified atom stereocenters. The lowest BCUT2D eigenvalue weighted by Gasteiger charge is -2.56. The van der Waals surface area contributed by atoms with Gasteiger partial charge in [-0.05, 0) is 87.5 Å². The summed E-state index contributed by atoms with van der Waals surface area (Å²) < 4.78 is 10.6. The monoisotopic (exact) mass is 357 g/mol. The fraction of sp³-hybridized carbons (Fsp3) is 0.619. The number of ether oxygens (including phenoxy) is 2. The van der Waals surface area contributed by atoms with Crippen LogP contribution in [0.5, 0.6) is 5.75 Å². The van der Waals surface area contributed by atoms with Crippen molar-refractivity contribution in [2.24, 2.45) is 17.8 Å². The largest absolute Gasteiger partial charge is 0.484 e. The topological polar surface area (TPSA) is 64.6 Å². The van der Waals surface area contributed by atoms with Gasteiger partial charge in [-0.15, -0.1) is 0 Å². The Morgan fingerprint density at radius 3 is 2.15 bits per heavy atom. The molecule has 4 saturated carbocycles. The smallest absolute Gasteiger partial charge is 0.338 e. The zero-order chi connectivity index (χ0) is 18.1. The summed E-state index contributed by atoms with van der Waals surface area (Å²) in [5.74, 6) is 2.60. The van der Waals surface area contributed by atoms with Crippen LogP contribution in [0.25, 0.3) is 0 Å². The summed E-state index contributed by atoms with van der Waals surface area (Å²) in [5, 5.41) is 3.30. The van der Waals surface area contributed by atoms with Gasteiger partial charge in [0.1, 0.15) is 5.75 Å². The summed E-state index contributed by atoms with van der Waals surface area (Å²) in [4.78, 5) is 24.1. The summed E-state index contributed by atoms with van der Waals surface area (Å²) in [7, 11) is 0. The fourth-order valence-electron chi connectivity index (χ4n) is 5.65. The molecule has 0 saturated heterocycles. The fourth-order valence-corrected chi connectivity index (χ4v) is 5.65. The average Bonchev–Trinajstić information content (AvgIpc) is 2.59. The molecule has 0 radical (unpaired) electrons. The summed E-state index contributed by atoms with van der Waals surface area (Å²) in [6.45, 7) is 2.14. The lowest BCUT2D eigenvalue weighted by atomic mass is 9.53. The molecule has 0 aromatic heterocycles. The van der Waals surface area contributed by atoms with Crippen molar-refractivity contribution in [2.45, 2.75) is 51.0 Å². The van der Waals surface area contributed by atoms with Crippen molar-refractivity contribution in [3.8, 4) is 5.75 Å². The Morgan fingerprint density at radius 2 is 1.62 bits per heavy atom. The molecule has 0 heterocycles. The van der Waals surface area contributed by atoms with Crippen LogP contribution in [0.3, 0.4) is 0 Å². The van der Waals surface area contributed by atoms with Gasteiger partial charge in [-0.2, -0.15) is 0 Å². The van der Waals surface area contributed by atoms with Crippen molar-refractivity contribution in [3.63, 3.8) is 0 Å². The van der Waals surface area contributed by atoms with Crippen molar-refractivity contribution >= 4 is 11.9 Å². The lowest BCUT2D eigenvalue weighted by Crippen LogP contribution is -2.60. The maximum atomic E-state index is 12.5. The van der Waals surface area contributed by atoms with E-state index < -0.39 is 0 Å². The molecule has 5 heteroatoms. The molecular weight excluding hydrogens is 330 g/mol. The van der Waals surface area contributed by atoms with Crippen LogP contribution >= 0.6 is 0 Å². The molecule has 1 N–H and O–H groups in total. The van der Waals surface area contributed by atoms with E-state index in [1.807, 2.05) is 0 Å². The standard InChI is InChI=1S/C21H27NO4/c1-2-25-20(24)17-3-5-18(6-4-17)26-13-19(23)22-21-10-14-7-15(11-21)9-16(8-14)12-21/h3-6,14-16H,2,7-13H2,1H3,(H,22,23). The highest BCUT2D eigenvalue weighted by atomic mass is 16.5. The van der Waals surface area contributed by atoms with E-state index >= 15 is 0 Å². The second kappa shape index (κ2) is 6.93. The van der Waals surface area contributed by atoms with Gasteiger partial charge in [0, 0.05) is 5.54 Å². The Morgan fingerprint density at radius 1 is 1.04 bits per heavy atom. The predicted molar refractivity (Wildman–Crippen MR) is 96.9 cm³/mol. The van der Waals surface area contributed by atoms with E-state index in [0.717, 1.165) is 37.0 Å². The number of esters is 1. The molecule has 4 aliphatic rings. The SMILES string of the molecule is CCOC(=O)c1ccc(OCC(=O)NC23CC4CC(CC(C4)C2)C3)cc1. The van der Waals surface area contributed by atoms with Crippen LogP contribution in [0.2, 0.25) is 0 Å². The highest BCUT2D eigenvalue weighted by Gasteiger charge is 2.51. The van der Waals surface area contributed by atoms with Gasteiger partial charge >= 0.3 is 5.97 Å². The van der Waals surface area contributed by atoms with Crippen molar-refractivity contribution in [2.75, 3.05) is 13.2 Å². The first-order chi connectivity index (χ1) is 12.5. The number of nitrogens with one attached hydrogen (secondary N) is 1. The maximum Gasteiger partial charge on any atom is 0.338 e. The number of carbonyl (C=O) groups is 2. The molecule has 140 valence electrons. The number of hydrogen-bond donors (Lipinski definition) is 1. The molecule has 1 aromatic rings. The summed E-state index contributed by atoms with van der Waals surface area (Å²) in [6, 6.07) is 6.71. The number of carbonyl (C=O) groups excluding carboxylic acids is 2. The number of rotatable bonds is 6. The minimum atomic E-state index is -0.349. The predicted octanol–water partition coefficient (Wildman–Crippen LogP) is 3.33. The minimum absolute atomic E-state index is 0.0144. The molecule has 0 aliphatic heterocycles. The quantitative estimate of drug-likeness (QED) is 0.793. The summed E-state index contributed by atoms with van der Waals surface area (Å²) in [6.07, 6.45) is 7.49. The molecule has 5 nitrogen and oxygen atoms in total. The molecule has 4 aliphatic carbocycles. The average molecular weight is 357 g/mol. The third-order valence-electron chi connectivity index (χ3n) is 6.18. The van der Waals surface area contributed by atoms with E-state index in [1.165, 1.54) is 19.3 Å². The first-order valence-electron chi connectivity index (χ1n) is 9.76. The van der Waals surface area contributed by atoms with E-state index in [1.54, 1.807) is 31.2 Å². The molecule has 4 fully saturated rings. The third kappa shape index (κ3) is 3.57. The van der Waals surface area contributed by atoms with E-state index in [4.69, 9.17) is 9.47 Å². The van der Waals surface area contributed by atoms with E-state index in [9.17, 15) is 9.59 Å². The second-order valence-electron chi connectivity index (χ2n) is 8.28. The van der Waals surface area contributed by atoms with E-state index in [2.05, 4.69) is 5.32 Å². The molecule has 0 spiro atoms. The number of amides is 1. The Bertz CT molecular complexity index is 646. The first-order valence-corrected chi connectivity index (χ1v) is 9.76. The zero-order valence-electron chi connectivity index (χ0n) is 15.3. The van der Waals surface area contributed by atoms with Gasteiger partial charge < -0.3 is 14.8 Å². The summed E-state index contributed by atoms with van der Waals surface area (Å²) in [5.41, 5.74) is 0.500. The van der Waals surface area contributed by atoms with Crippen LogP contribution < -0.4 is 10.1 Å². The van der Waals surface area contributed by atoms with Gasteiger partial charge in [-0.1, -0.05) is 0 Å². The van der Waals surface area contributed by atoms with Gasteiger partial charge in [0.2, 0.25) is 0 Å². The maximum absolute atomic E-state index is 12.5. The van der Waals surface area contributed by atoms with Gasteiger partial charge in [0.15, 0.2) is 6.61 Å². The van der Waals surface area contributed by atoms with Gasteiger partial charge in [-0.3, -0.25) is 4.79 Å². The highest BCUT2D eigenvalue weighted by Crippen LogP contribution is 2.55. The van der Waals surface area contributed by atoms with E-state index in [-0.39, 0.29) is 24.0 Å². The Labute approximate surface area is 154 Å². The van der Waals surface area contributed by atoms with Crippen LogP contribution in [-0.4, -0.2) is 30.6 Å². The molecule has 0 atom stereocenters. The summed E-state index contributed by atoms with van der Waals surface area (Å²) >= 11 is 0. The first kappa shape index (κ1) is 17.4. The van der Waals surface area contributed by atoms with Gasteiger partial charge in [0.05, 0.1) is 12.2 Å². The molecule has 1 amide bonds. The minimum Gasteiger partial charge on any atom is -0.484 e. The molecular formula is C21H27NO4. The van der Waals surface area contributed by atoms with Crippen LogP contribution in [-0.2, 0) is 9.53 Å². The van der Waals surface area contributed by atoms with Crippen molar-refractivity contribution in [3.05, 3.63) is 29.8 Å². The zero-order valence-corrected chi connectivity index (χ0v) is 15.3. The second-order valence-corrected chi connectivity index (χ2v) is 8.28. The Hall–Kier alpha value is -2.04. The van der Waals surface area contributed by atoms with Crippen LogP contribution in [0.1, 0.15) is 55.8 Å². The molecule has 5 rings (SSSR count). The van der Waals surface area contributed by atoms with Crippen molar-refractivity contribution in [1.29, 1.82) is 0 Å². The molecule has 4 bridgehead atoms. The van der Waals surface area contributed by atoms with Gasteiger partial charge in [-0.25, -0.2) is 4.79 Å². The number of hydrogen-bond acceptors (Lipinski definition) is 4.